The number of benzene rings is 2. The third-order valence-corrected chi connectivity index (χ3v) is 7.93. The number of Topliss-reactive ketones (excluding diaryl/α,β-unsaturated/α-hetero) is 2. The lowest BCUT2D eigenvalue weighted by Crippen LogP contribution is -2.58. The Morgan fingerprint density at radius 3 is 2.49 bits per heavy atom. The van der Waals surface area contributed by atoms with Gasteiger partial charge >= 0.3 is 0 Å². The quantitative estimate of drug-likeness (QED) is 0.356. The van der Waals surface area contributed by atoms with Crippen LogP contribution in [0.3, 0.4) is 0 Å². The molecule has 5 N–H and O–H groups in total. The molecule has 11 nitrogen and oxygen atoms in total. The van der Waals surface area contributed by atoms with E-state index >= 15 is 0 Å². The Labute approximate surface area is 226 Å². The molecule has 2 aliphatic heterocycles. The van der Waals surface area contributed by atoms with Gasteiger partial charge in [0.15, 0.2) is 5.75 Å². The van der Waals surface area contributed by atoms with Gasteiger partial charge in [-0.25, -0.2) is 0 Å². The summed E-state index contributed by atoms with van der Waals surface area (Å²) in [5.41, 5.74) is 4.68. The number of phenolic OH excluding ortho intramolecular Hbond substituents is 1. The monoisotopic (exact) mass is 550 g/mol. The van der Waals surface area contributed by atoms with Crippen LogP contribution in [0, 0.1) is 5.92 Å². The maximum atomic E-state index is 14.6. The molecule has 0 radical (unpaired) electrons. The molecule has 3 heterocycles. The van der Waals surface area contributed by atoms with Crippen molar-refractivity contribution in [3.63, 3.8) is 0 Å². The number of nitrogens with zero attached hydrogens (tertiary/aromatic N) is 1. The number of H-pyrrole nitrogens is 1. The number of nitrogen functional groups attached to an aromatic ring is 1. The Balaban J connectivity index is 1.58. The highest BCUT2D eigenvalue weighted by Crippen LogP contribution is 2.56. The van der Waals surface area contributed by atoms with Crippen molar-refractivity contribution in [2.45, 2.75) is 24.9 Å². The van der Waals surface area contributed by atoms with Crippen LogP contribution >= 0.6 is 11.6 Å². The second-order valence-electron chi connectivity index (χ2n) is 9.66. The number of hydrogen-bond acceptors (Lipinski definition) is 10. The second kappa shape index (κ2) is 8.50. The van der Waals surface area contributed by atoms with Crippen LogP contribution in [0.4, 0.5) is 11.8 Å². The molecule has 39 heavy (non-hydrogen) atoms. The topological polar surface area (TPSA) is 166 Å². The van der Waals surface area contributed by atoms with E-state index < -0.39 is 34.6 Å². The Morgan fingerprint density at radius 1 is 1.13 bits per heavy atom. The SMILES string of the molecule is COc1cc(OC)c2c(c1Cl)OC1(C(=O)C3=C(CC1C)Nc1nc(N)[nH]c(=O)c1C3c1ccc(O)cc1)C2=O. The number of aromatic amines is 1. The number of methoxy groups -OCH3 is 2. The summed E-state index contributed by atoms with van der Waals surface area (Å²) in [4.78, 5) is 48.7. The van der Waals surface area contributed by atoms with Crippen molar-refractivity contribution in [1.29, 1.82) is 0 Å². The number of allylic oxidation sites excluding steroid dienone is 1. The zero-order chi connectivity index (χ0) is 27.8. The lowest BCUT2D eigenvalue weighted by atomic mass is 9.66. The van der Waals surface area contributed by atoms with Crippen molar-refractivity contribution in [1.82, 2.24) is 9.97 Å². The molecule has 1 aromatic heterocycles. The predicted molar refractivity (Wildman–Crippen MR) is 141 cm³/mol. The van der Waals surface area contributed by atoms with Crippen molar-refractivity contribution < 1.29 is 28.9 Å². The first-order valence-corrected chi connectivity index (χ1v) is 12.4. The number of aromatic nitrogens is 2. The number of fused-ring (bicyclic) bond motifs is 2. The Hall–Kier alpha value is -4.51. The van der Waals surface area contributed by atoms with Crippen molar-refractivity contribution >= 4 is 34.9 Å². The summed E-state index contributed by atoms with van der Waals surface area (Å²) >= 11 is 6.54. The van der Waals surface area contributed by atoms with E-state index in [2.05, 4.69) is 15.3 Å². The average Bonchev–Trinajstić information content (AvgIpc) is 3.22. The van der Waals surface area contributed by atoms with Crippen molar-refractivity contribution in [3.05, 3.63) is 73.7 Å². The molecule has 0 saturated heterocycles. The molecular formula is C27H23ClN4O7. The fraction of sp³-hybridized carbons (Fsp3) is 0.259. The Kier molecular flexibility index (Phi) is 5.41. The molecule has 0 bridgehead atoms. The van der Waals surface area contributed by atoms with Gasteiger partial charge in [-0.1, -0.05) is 30.7 Å². The molecule has 1 aliphatic carbocycles. The molecule has 3 aromatic rings. The predicted octanol–water partition coefficient (Wildman–Crippen LogP) is 3.16. The second-order valence-corrected chi connectivity index (χ2v) is 10.0. The number of phenols is 1. The van der Waals surface area contributed by atoms with E-state index in [4.69, 9.17) is 31.5 Å². The van der Waals surface area contributed by atoms with E-state index in [0.717, 1.165) is 0 Å². The molecule has 6 rings (SSSR count). The van der Waals surface area contributed by atoms with Crippen LogP contribution in [0.5, 0.6) is 23.0 Å². The number of carbonyl (C=O) groups is 2. The summed E-state index contributed by atoms with van der Waals surface area (Å²) in [6.45, 7) is 1.73. The molecule has 2 aromatic carbocycles. The summed E-state index contributed by atoms with van der Waals surface area (Å²) in [7, 11) is 2.80. The molecule has 0 fully saturated rings. The maximum absolute atomic E-state index is 14.6. The van der Waals surface area contributed by atoms with E-state index in [1.165, 1.54) is 32.4 Å². The minimum absolute atomic E-state index is 0.000226. The van der Waals surface area contributed by atoms with Crippen molar-refractivity contribution in [2.24, 2.45) is 5.92 Å². The molecule has 3 unspecified atom stereocenters. The standard InChI is InChI=1S/C27H23ClN4O7/c1-10-8-13-17(16(11-4-6-12(33)7-5-11)19-24(30-13)31-26(29)32-25(19)36)22(34)27(10)23(35)18-14(37-2)9-15(38-3)20(28)21(18)39-27/h4-7,9-10,16,33H,8H2,1-3H3,(H4,29,30,31,32,36). The van der Waals surface area contributed by atoms with Gasteiger partial charge < -0.3 is 30.4 Å². The summed E-state index contributed by atoms with van der Waals surface area (Å²) in [6.07, 6.45) is 0.209. The number of rotatable bonds is 3. The maximum Gasteiger partial charge on any atom is 0.258 e. The molecule has 200 valence electrons. The highest BCUT2D eigenvalue weighted by molar-refractivity contribution is 6.36. The Bertz CT molecular complexity index is 1680. The normalized spacial score (nSPS) is 23.1. The van der Waals surface area contributed by atoms with Crippen LogP contribution in [0.15, 0.2) is 46.4 Å². The molecular weight excluding hydrogens is 528 g/mol. The third-order valence-electron chi connectivity index (χ3n) is 7.58. The van der Waals surface area contributed by atoms with Crippen LogP contribution in [0.2, 0.25) is 5.02 Å². The fourth-order valence-electron chi connectivity index (χ4n) is 5.77. The smallest absolute Gasteiger partial charge is 0.258 e. The third kappa shape index (κ3) is 3.29. The van der Waals surface area contributed by atoms with Crippen molar-refractivity contribution in [3.8, 4) is 23.0 Å². The minimum Gasteiger partial charge on any atom is -0.508 e. The van der Waals surface area contributed by atoms with Gasteiger partial charge in [-0.05, 0) is 24.1 Å². The minimum atomic E-state index is -1.97. The summed E-state index contributed by atoms with van der Waals surface area (Å²) < 4.78 is 17.0. The van der Waals surface area contributed by atoms with Crippen LogP contribution in [0.25, 0.3) is 0 Å². The van der Waals surface area contributed by atoms with Gasteiger partial charge in [-0.2, -0.15) is 4.98 Å². The van der Waals surface area contributed by atoms with Gasteiger partial charge in [0.25, 0.3) is 5.56 Å². The highest BCUT2D eigenvalue weighted by Gasteiger charge is 2.63. The van der Waals surface area contributed by atoms with Crippen LogP contribution < -0.4 is 30.8 Å². The molecule has 12 heteroatoms. The van der Waals surface area contributed by atoms with Crippen LogP contribution in [-0.2, 0) is 4.79 Å². The van der Waals surface area contributed by atoms with E-state index in [9.17, 15) is 19.5 Å². The average molecular weight is 551 g/mol. The molecule has 0 amide bonds. The van der Waals surface area contributed by atoms with Gasteiger partial charge in [-0.15, -0.1) is 0 Å². The lowest BCUT2D eigenvalue weighted by Gasteiger charge is -2.42. The number of halogens is 1. The summed E-state index contributed by atoms with van der Waals surface area (Å²) in [5, 5.41) is 13.0. The van der Waals surface area contributed by atoms with E-state index in [1.54, 1.807) is 19.1 Å². The number of carbonyl (C=O) groups excluding carboxylic acids is 2. The fourth-order valence-corrected chi connectivity index (χ4v) is 6.03. The summed E-state index contributed by atoms with van der Waals surface area (Å²) in [6, 6.07) is 7.57. The van der Waals surface area contributed by atoms with Gasteiger partial charge in [0.05, 0.1) is 19.8 Å². The number of anilines is 2. The number of nitrogens with one attached hydrogen (secondary N) is 2. The molecule has 0 saturated carbocycles. The van der Waals surface area contributed by atoms with Crippen LogP contribution in [0.1, 0.15) is 40.7 Å². The zero-order valence-electron chi connectivity index (χ0n) is 21.0. The van der Waals surface area contributed by atoms with E-state index in [0.29, 0.717) is 11.3 Å². The molecule has 3 atom stereocenters. The van der Waals surface area contributed by atoms with Gasteiger partial charge in [0, 0.05) is 29.2 Å². The number of hydrogen-bond donors (Lipinski definition) is 4. The number of nitrogens with two attached hydrogens (primary N) is 1. The number of ketones is 2. The summed E-state index contributed by atoms with van der Waals surface area (Å²) in [5.74, 6) is -2.30. The Morgan fingerprint density at radius 2 is 1.82 bits per heavy atom. The molecule has 3 aliphatic rings. The van der Waals surface area contributed by atoms with E-state index in [1.807, 2.05) is 0 Å². The first-order valence-electron chi connectivity index (χ1n) is 12.0. The first kappa shape index (κ1) is 24.8. The largest absolute Gasteiger partial charge is 0.508 e. The first-order chi connectivity index (χ1) is 18.6. The zero-order valence-corrected chi connectivity index (χ0v) is 21.8. The number of ether oxygens (including phenoxy) is 3. The van der Waals surface area contributed by atoms with E-state index in [-0.39, 0.29) is 62.9 Å². The number of aromatic hydroxyl groups is 1. The van der Waals surface area contributed by atoms with Gasteiger partial charge in [0.2, 0.25) is 23.1 Å². The highest BCUT2D eigenvalue weighted by atomic mass is 35.5. The van der Waals surface area contributed by atoms with Crippen molar-refractivity contribution in [2.75, 3.05) is 25.3 Å². The molecule has 1 spiro atoms. The lowest BCUT2D eigenvalue weighted by molar-refractivity contribution is -0.130. The van der Waals surface area contributed by atoms with Gasteiger partial charge in [0.1, 0.15) is 33.7 Å². The van der Waals surface area contributed by atoms with Crippen LogP contribution in [-0.4, -0.2) is 46.5 Å². The van der Waals surface area contributed by atoms with Gasteiger partial charge in [-0.3, -0.25) is 19.4 Å².